The molecule has 0 atom stereocenters. The number of ether oxygens (including phenoxy) is 2. The summed E-state index contributed by atoms with van der Waals surface area (Å²) in [6.45, 7) is 4.69. The van der Waals surface area contributed by atoms with Crippen molar-refractivity contribution in [2.24, 2.45) is 0 Å². The largest absolute Gasteiger partial charge is 0.490 e. The fourth-order valence-electron chi connectivity index (χ4n) is 4.50. The van der Waals surface area contributed by atoms with Crippen LogP contribution in [0.3, 0.4) is 0 Å². The predicted octanol–water partition coefficient (Wildman–Crippen LogP) is 6.97. The molecule has 0 radical (unpaired) electrons. The fraction of sp³-hybridized carbons (Fsp3) is 0.156. The lowest BCUT2D eigenvalue weighted by Crippen LogP contribution is -2.54. The molecule has 8 heteroatoms. The van der Waals surface area contributed by atoms with E-state index in [2.05, 4.69) is 52.4 Å². The molecule has 0 aliphatic carbocycles. The molecule has 0 unspecified atom stereocenters. The highest BCUT2D eigenvalue weighted by atomic mass is 79.9. The number of halogens is 1. The van der Waals surface area contributed by atoms with Crippen molar-refractivity contribution in [1.29, 1.82) is 0 Å². The van der Waals surface area contributed by atoms with Gasteiger partial charge in [-0.05, 0) is 105 Å². The van der Waals surface area contributed by atoms with Gasteiger partial charge in [-0.25, -0.2) is 0 Å². The van der Waals surface area contributed by atoms with Crippen LogP contribution in [0.4, 0.5) is 5.69 Å². The zero-order chi connectivity index (χ0) is 28.2. The minimum atomic E-state index is -0.554. The molecule has 1 heterocycles. The number of benzene rings is 4. The Morgan fingerprint density at radius 3 is 2.35 bits per heavy atom. The number of amides is 2. The van der Waals surface area contributed by atoms with Gasteiger partial charge in [0.25, 0.3) is 11.8 Å². The van der Waals surface area contributed by atoms with Crippen LogP contribution in [0.25, 0.3) is 16.8 Å². The van der Waals surface area contributed by atoms with Gasteiger partial charge in [0.15, 0.2) is 16.6 Å². The van der Waals surface area contributed by atoms with Gasteiger partial charge in [-0.15, -0.1) is 0 Å². The Bertz CT molecular complexity index is 1650. The van der Waals surface area contributed by atoms with Crippen LogP contribution in [0.5, 0.6) is 11.5 Å². The van der Waals surface area contributed by atoms with Gasteiger partial charge in [0.1, 0.15) is 12.2 Å². The Kier molecular flexibility index (Phi) is 8.28. The van der Waals surface area contributed by atoms with Crippen molar-refractivity contribution >= 4 is 67.6 Å². The van der Waals surface area contributed by atoms with Gasteiger partial charge in [-0.1, -0.05) is 55.5 Å². The van der Waals surface area contributed by atoms with Gasteiger partial charge in [-0.3, -0.25) is 19.8 Å². The normalized spacial score (nSPS) is 14.5. The van der Waals surface area contributed by atoms with Crippen molar-refractivity contribution in [3.63, 3.8) is 0 Å². The Labute approximate surface area is 246 Å². The van der Waals surface area contributed by atoms with Crippen LogP contribution in [0.1, 0.15) is 30.5 Å². The number of fused-ring (bicyclic) bond motifs is 1. The van der Waals surface area contributed by atoms with Gasteiger partial charge in [0.05, 0.1) is 16.8 Å². The summed E-state index contributed by atoms with van der Waals surface area (Å²) < 4.78 is 12.7. The van der Waals surface area contributed by atoms with E-state index in [0.29, 0.717) is 40.4 Å². The molecule has 0 saturated carbocycles. The van der Waals surface area contributed by atoms with Gasteiger partial charge in [-0.2, -0.15) is 0 Å². The van der Waals surface area contributed by atoms with Crippen molar-refractivity contribution in [2.45, 2.75) is 26.9 Å². The summed E-state index contributed by atoms with van der Waals surface area (Å²) in [5, 5.41) is 4.99. The number of thiocarbonyl (C=S) groups is 1. The molecule has 1 aliphatic rings. The van der Waals surface area contributed by atoms with Gasteiger partial charge in [0.2, 0.25) is 0 Å². The SMILES string of the molecule is CCOc1cc(/C=C2\C(=O)NC(=S)N(c3ccc(CC)cc3)C2=O)cc(Br)c1OCc1ccc2ccccc2c1. The van der Waals surface area contributed by atoms with E-state index in [1.54, 1.807) is 12.1 Å². The molecule has 0 aromatic heterocycles. The second-order valence-electron chi connectivity index (χ2n) is 9.21. The third kappa shape index (κ3) is 5.78. The highest BCUT2D eigenvalue weighted by Crippen LogP contribution is 2.38. The first-order valence-electron chi connectivity index (χ1n) is 12.9. The quantitative estimate of drug-likeness (QED) is 0.132. The van der Waals surface area contributed by atoms with E-state index in [-0.39, 0.29) is 10.7 Å². The van der Waals surface area contributed by atoms with E-state index in [1.165, 1.54) is 16.4 Å². The van der Waals surface area contributed by atoms with E-state index < -0.39 is 11.8 Å². The molecule has 4 aromatic rings. The second-order valence-corrected chi connectivity index (χ2v) is 10.5. The lowest BCUT2D eigenvalue weighted by Gasteiger charge is -2.29. The number of rotatable bonds is 8. The molecule has 202 valence electrons. The zero-order valence-corrected chi connectivity index (χ0v) is 24.5. The third-order valence-electron chi connectivity index (χ3n) is 6.54. The van der Waals surface area contributed by atoms with Crippen LogP contribution < -0.4 is 19.7 Å². The Hall–Kier alpha value is -4.01. The number of hydrogen-bond acceptors (Lipinski definition) is 5. The van der Waals surface area contributed by atoms with Gasteiger partial charge >= 0.3 is 0 Å². The first-order valence-corrected chi connectivity index (χ1v) is 14.1. The molecule has 4 aromatic carbocycles. The first kappa shape index (κ1) is 27.6. The number of nitrogens with one attached hydrogen (secondary N) is 1. The molecule has 1 N–H and O–H groups in total. The molecule has 40 heavy (non-hydrogen) atoms. The van der Waals surface area contributed by atoms with Crippen LogP contribution in [0.15, 0.2) is 88.9 Å². The van der Waals surface area contributed by atoms with Crippen LogP contribution >= 0.6 is 28.1 Å². The van der Waals surface area contributed by atoms with E-state index in [4.69, 9.17) is 21.7 Å². The summed E-state index contributed by atoms with van der Waals surface area (Å²) in [5.41, 5.74) is 3.31. The summed E-state index contributed by atoms with van der Waals surface area (Å²) in [4.78, 5) is 27.6. The average Bonchev–Trinajstić information content (AvgIpc) is 2.95. The van der Waals surface area contributed by atoms with Crippen molar-refractivity contribution in [3.05, 3.63) is 106 Å². The Morgan fingerprint density at radius 2 is 1.62 bits per heavy atom. The van der Waals surface area contributed by atoms with Crippen LogP contribution in [-0.4, -0.2) is 23.5 Å². The topological polar surface area (TPSA) is 67.9 Å². The fourth-order valence-corrected chi connectivity index (χ4v) is 5.35. The van der Waals surface area contributed by atoms with Gasteiger partial charge < -0.3 is 9.47 Å². The molecule has 0 spiro atoms. The van der Waals surface area contributed by atoms with Crippen molar-refractivity contribution in [2.75, 3.05) is 11.5 Å². The summed E-state index contributed by atoms with van der Waals surface area (Å²) in [5.74, 6) is -0.0167. The zero-order valence-electron chi connectivity index (χ0n) is 22.1. The lowest BCUT2D eigenvalue weighted by molar-refractivity contribution is -0.122. The lowest BCUT2D eigenvalue weighted by atomic mass is 10.1. The highest BCUT2D eigenvalue weighted by molar-refractivity contribution is 9.10. The number of carbonyl (C=O) groups excluding carboxylic acids is 2. The Morgan fingerprint density at radius 1 is 0.900 bits per heavy atom. The van der Waals surface area contributed by atoms with E-state index in [1.807, 2.05) is 49.4 Å². The first-order chi connectivity index (χ1) is 19.4. The van der Waals surface area contributed by atoms with Crippen molar-refractivity contribution in [3.8, 4) is 11.5 Å². The van der Waals surface area contributed by atoms with Gasteiger partial charge in [0, 0.05) is 0 Å². The van der Waals surface area contributed by atoms with E-state index in [9.17, 15) is 9.59 Å². The second kappa shape index (κ2) is 12.0. The maximum atomic E-state index is 13.5. The summed E-state index contributed by atoms with van der Waals surface area (Å²) in [6.07, 6.45) is 2.41. The number of hydrogen-bond donors (Lipinski definition) is 1. The molecule has 1 aliphatic heterocycles. The highest BCUT2D eigenvalue weighted by Gasteiger charge is 2.34. The monoisotopic (exact) mass is 614 g/mol. The summed E-state index contributed by atoms with van der Waals surface area (Å²) >= 11 is 8.93. The molecule has 1 saturated heterocycles. The van der Waals surface area contributed by atoms with Crippen molar-refractivity contribution < 1.29 is 19.1 Å². The summed E-state index contributed by atoms with van der Waals surface area (Å²) in [7, 11) is 0. The van der Waals surface area contributed by atoms with Crippen LogP contribution in [0, 0.1) is 0 Å². The average molecular weight is 616 g/mol. The third-order valence-corrected chi connectivity index (χ3v) is 7.42. The molecular weight excluding hydrogens is 588 g/mol. The number of nitrogens with zero attached hydrogens (tertiary/aromatic N) is 1. The van der Waals surface area contributed by atoms with E-state index >= 15 is 0 Å². The number of aryl methyl sites for hydroxylation is 1. The predicted molar refractivity (Wildman–Crippen MR) is 166 cm³/mol. The molecule has 1 fully saturated rings. The molecule has 2 amide bonds. The smallest absolute Gasteiger partial charge is 0.270 e. The minimum Gasteiger partial charge on any atom is -0.490 e. The standard InChI is InChI=1S/C32H27BrN2O4S/c1-3-20-10-13-25(14-11-20)35-31(37)26(30(36)34-32(35)40)16-22-17-27(33)29(28(18-22)38-4-2)39-19-21-9-12-23-7-5-6-8-24(23)15-21/h5-18H,3-4,19H2,1-2H3,(H,34,36,40)/b26-16+. The Balaban J connectivity index is 1.43. The number of carbonyl (C=O) groups is 2. The molecule has 5 rings (SSSR count). The van der Waals surface area contributed by atoms with Crippen molar-refractivity contribution in [1.82, 2.24) is 5.32 Å². The number of anilines is 1. The van der Waals surface area contributed by atoms with Crippen LogP contribution in [-0.2, 0) is 22.6 Å². The van der Waals surface area contributed by atoms with E-state index in [0.717, 1.165) is 22.9 Å². The molecule has 0 bridgehead atoms. The van der Waals surface area contributed by atoms with Crippen LogP contribution in [0.2, 0.25) is 0 Å². The maximum Gasteiger partial charge on any atom is 0.270 e. The molecule has 6 nitrogen and oxygen atoms in total. The minimum absolute atomic E-state index is 0.0349. The molecular formula is C32H27BrN2O4S. The summed E-state index contributed by atoms with van der Waals surface area (Å²) in [6, 6.07) is 25.4. The maximum absolute atomic E-state index is 13.5.